The van der Waals surface area contributed by atoms with Gasteiger partial charge in [0.15, 0.2) is 5.78 Å². The minimum Gasteiger partial charge on any atom is -0.293 e. The molecule has 0 saturated heterocycles. The first-order valence-electron chi connectivity index (χ1n) is 3.96. The molecule has 13 heavy (non-hydrogen) atoms. The molecule has 0 fully saturated rings. The van der Waals surface area contributed by atoms with E-state index in [0.29, 0.717) is 0 Å². The molecule has 1 nitrogen and oxygen atoms in total. The third kappa shape index (κ3) is 1.98. The Morgan fingerprint density at radius 1 is 1.23 bits per heavy atom. The SMILES string of the molecule is O=C(c1ccccc1)C1C=CSS1. The van der Waals surface area contributed by atoms with E-state index in [1.165, 1.54) is 0 Å². The van der Waals surface area contributed by atoms with Crippen LogP contribution < -0.4 is 0 Å². The zero-order valence-electron chi connectivity index (χ0n) is 6.84. The number of hydrogen-bond acceptors (Lipinski definition) is 3. The van der Waals surface area contributed by atoms with Crippen molar-refractivity contribution in [2.45, 2.75) is 5.25 Å². The Kier molecular flexibility index (Phi) is 2.76. The van der Waals surface area contributed by atoms with Crippen molar-refractivity contribution < 1.29 is 4.79 Å². The molecule has 1 heterocycles. The van der Waals surface area contributed by atoms with Crippen molar-refractivity contribution in [3.05, 3.63) is 47.4 Å². The Labute approximate surface area is 85.0 Å². The van der Waals surface area contributed by atoms with Gasteiger partial charge in [-0.2, -0.15) is 0 Å². The van der Waals surface area contributed by atoms with Crippen molar-refractivity contribution in [1.82, 2.24) is 0 Å². The van der Waals surface area contributed by atoms with Gasteiger partial charge in [0.25, 0.3) is 0 Å². The molecule has 0 amide bonds. The van der Waals surface area contributed by atoms with Gasteiger partial charge in [0, 0.05) is 5.56 Å². The van der Waals surface area contributed by atoms with Gasteiger partial charge in [0.2, 0.25) is 0 Å². The van der Waals surface area contributed by atoms with E-state index in [9.17, 15) is 4.79 Å². The third-order valence-electron chi connectivity index (χ3n) is 1.78. The monoisotopic (exact) mass is 208 g/mol. The fourth-order valence-corrected chi connectivity index (χ4v) is 3.19. The molecule has 1 atom stereocenters. The maximum absolute atomic E-state index is 11.8. The van der Waals surface area contributed by atoms with E-state index in [0.717, 1.165) is 5.56 Å². The van der Waals surface area contributed by atoms with E-state index >= 15 is 0 Å². The molecule has 1 aromatic rings. The molecule has 1 unspecified atom stereocenters. The summed E-state index contributed by atoms with van der Waals surface area (Å²) in [6, 6.07) is 9.43. The van der Waals surface area contributed by atoms with Crippen LogP contribution in [-0.4, -0.2) is 11.0 Å². The van der Waals surface area contributed by atoms with Crippen molar-refractivity contribution in [2.75, 3.05) is 0 Å². The fraction of sp³-hybridized carbons (Fsp3) is 0.100. The minimum atomic E-state index is 0.00685. The highest BCUT2D eigenvalue weighted by Gasteiger charge is 2.20. The second-order valence-corrected chi connectivity index (χ2v) is 4.99. The smallest absolute Gasteiger partial charge is 0.180 e. The summed E-state index contributed by atoms with van der Waals surface area (Å²) in [6.07, 6.45) is 1.95. The van der Waals surface area contributed by atoms with Gasteiger partial charge in [-0.3, -0.25) is 4.79 Å². The molecule has 1 aromatic carbocycles. The molecule has 1 aliphatic rings. The Bertz CT molecular complexity index is 332. The first-order valence-corrected chi connectivity index (χ1v) is 6.23. The number of ketones is 1. The molecular weight excluding hydrogens is 200 g/mol. The summed E-state index contributed by atoms with van der Waals surface area (Å²) in [6.45, 7) is 0. The summed E-state index contributed by atoms with van der Waals surface area (Å²) < 4.78 is 0. The van der Waals surface area contributed by atoms with Gasteiger partial charge in [-0.15, -0.1) is 0 Å². The van der Waals surface area contributed by atoms with E-state index in [1.54, 1.807) is 21.6 Å². The van der Waals surface area contributed by atoms with E-state index in [4.69, 9.17) is 0 Å². The lowest BCUT2D eigenvalue weighted by molar-refractivity contribution is 0.100. The molecule has 0 N–H and O–H groups in total. The van der Waals surface area contributed by atoms with E-state index in [-0.39, 0.29) is 11.0 Å². The van der Waals surface area contributed by atoms with Gasteiger partial charge in [0.05, 0.1) is 5.25 Å². The number of carbonyl (C=O) groups excluding carboxylic acids is 1. The normalized spacial score (nSPS) is 20.5. The summed E-state index contributed by atoms with van der Waals surface area (Å²) in [4.78, 5) is 11.8. The Morgan fingerprint density at radius 3 is 2.62 bits per heavy atom. The van der Waals surface area contributed by atoms with Crippen LogP contribution in [0.5, 0.6) is 0 Å². The third-order valence-corrected chi connectivity index (χ3v) is 4.03. The van der Waals surface area contributed by atoms with Crippen LogP contribution in [0.2, 0.25) is 0 Å². The molecular formula is C10H8OS2. The number of benzene rings is 1. The molecule has 0 spiro atoms. The quantitative estimate of drug-likeness (QED) is 0.549. The summed E-state index contributed by atoms with van der Waals surface area (Å²) in [5.74, 6) is 0.201. The molecule has 1 aliphatic heterocycles. The van der Waals surface area contributed by atoms with Gasteiger partial charge < -0.3 is 0 Å². The zero-order valence-corrected chi connectivity index (χ0v) is 8.48. The van der Waals surface area contributed by atoms with Crippen LogP contribution in [0.3, 0.4) is 0 Å². The summed E-state index contributed by atoms with van der Waals surface area (Å²) in [5, 5.41) is 1.98. The summed E-state index contributed by atoms with van der Waals surface area (Å²) in [7, 11) is 3.22. The molecule has 0 saturated carbocycles. The van der Waals surface area contributed by atoms with E-state index in [2.05, 4.69) is 0 Å². The number of Topliss-reactive ketones (excluding diaryl/α,β-unsaturated/α-hetero) is 1. The van der Waals surface area contributed by atoms with Crippen molar-refractivity contribution >= 4 is 27.4 Å². The standard InChI is InChI=1S/C10H8OS2/c11-10(9-6-7-12-13-9)8-4-2-1-3-5-8/h1-7,9H. The lowest BCUT2D eigenvalue weighted by atomic mass is 10.1. The minimum absolute atomic E-state index is 0.00685. The highest BCUT2D eigenvalue weighted by Crippen LogP contribution is 2.36. The average Bonchev–Trinajstić information content (AvgIpc) is 2.71. The molecule has 0 bridgehead atoms. The highest BCUT2D eigenvalue weighted by atomic mass is 33.1. The lowest BCUT2D eigenvalue weighted by Gasteiger charge is -2.04. The van der Waals surface area contributed by atoms with Gasteiger partial charge in [0.1, 0.15) is 0 Å². The molecule has 0 aromatic heterocycles. The van der Waals surface area contributed by atoms with Crippen molar-refractivity contribution in [3.63, 3.8) is 0 Å². The molecule has 0 aliphatic carbocycles. The van der Waals surface area contributed by atoms with Crippen molar-refractivity contribution in [2.24, 2.45) is 0 Å². The van der Waals surface area contributed by atoms with E-state index < -0.39 is 0 Å². The zero-order chi connectivity index (χ0) is 9.10. The van der Waals surface area contributed by atoms with Gasteiger partial charge >= 0.3 is 0 Å². The first-order chi connectivity index (χ1) is 6.38. The topological polar surface area (TPSA) is 17.1 Å². The predicted octanol–water partition coefficient (Wildman–Crippen LogP) is 3.15. The van der Waals surface area contributed by atoms with Crippen molar-refractivity contribution in [3.8, 4) is 0 Å². The van der Waals surface area contributed by atoms with Gasteiger partial charge in [-0.25, -0.2) is 0 Å². The molecule has 3 heteroatoms. The average molecular weight is 208 g/mol. The van der Waals surface area contributed by atoms with Crippen LogP contribution in [0.15, 0.2) is 41.8 Å². The molecule has 66 valence electrons. The van der Waals surface area contributed by atoms with Crippen molar-refractivity contribution in [1.29, 1.82) is 0 Å². The number of rotatable bonds is 2. The number of hydrogen-bond donors (Lipinski definition) is 0. The van der Waals surface area contributed by atoms with Gasteiger partial charge in [-0.05, 0) is 5.41 Å². The summed E-state index contributed by atoms with van der Waals surface area (Å²) >= 11 is 0. The highest BCUT2D eigenvalue weighted by molar-refractivity contribution is 8.78. The fourth-order valence-electron chi connectivity index (χ4n) is 1.13. The summed E-state index contributed by atoms with van der Waals surface area (Å²) in [5.41, 5.74) is 0.798. The van der Waals surface area contributed by atoms with Crippen LogP contribution in [0, 0.1) is 0 Å². The Morgan fingerprint density at radius 2 is 2.00 bits per heavy atom. The largest absolute Gasteiger partial charge is 0.293 e. The van der Waals surface area contributed by atoms with Crippen LogP contribution >= 0.6 is 21.6 Å². The lowest BCUT2D eigenvalue weighted by Crippen LogP contribution is -2.11. The molecule has 0 radical (unpaired) electrons. The second kappa shape index (κ2) is 4.03. The number of carbonyl (C=O) groups is 1. The maximum atomic E-state index is 11.8. The Hall–Kier alpha value is -0.670. The van der Waals surface area contributed by atoms with Gasteiger partial charge in [-0.1, -0.05) is 58.0 Å². The van der Waals surface area contributed by atoms with Crippen LogP contribution in [-0.2, 0) is 0 Å². The van der Waals surface area contributed by atoms with Crippen LogP contribution in [0.25, 0.3) is 0 Å². The van der Waals surface area contributed by atoms with Crippen LogP contribution in [0.1, 0.15) is 10.4 Å². The Balaban J connectivity index is 2.18. The second-order valence-electron chi connectivity index (χ2n) is 2.67. The first kappa shape index (κ1) is 8.91. The maximum Gasteiger partial charge on any atom is 0.180 e. The molecule has 2 rings (SSSR count). The predicted molar refractivity (Wildman–Crippen MR) is 58.9 cm³/mol. The van der Waals surface area contributed by atoms with Crippen LogP contribution in [0.4, 0.5) is 0 Å². The van der Waals surface area contributed by atoms with E-state index in [1.807, 2.05) is 41.8 Å².